The van der Waals surface area contributed by atoms with Crippen LogP contribution in [-0.2, 0) is 11.2 Å². The number of ether oxygens (including phenoxy) is 1. The van der Waals surface area contributed by atoms with Crippen molar-refractivity contribution in [1.29, 1.82) is 0 Å². The van der Waals surface area contributed by atoms with Crippen molar-refractivity contribution in [2.45, 2.75) is 32.1 Å². The summed E-state index contributed by atoms with van der Waals surface area (Å²) >= 11 is 0. The van der Waals surface area contributed by atoms with Crippen LogP contribution in [0.5, 0.6) is 5.88 Å². The van der Waals surface area contributed by atoms with Gasteiger partial charge in [0, 0.05) is 12.5 Å². The lowest BCUT2D eigenvalue weighted by Crippen LogP contribution is -2.16. The van der Waals surface area contributed by atoms with E-state index in [0.29, 0.717) is 5.92 Å². The maximum absolute atomic E-state index is 9.48. The number of hydrogen-bond donors (Lipinski definition) is 2. The zero-order valence-electron chi connectivity index (χ0n) is 8.42. The monoisotopic (exact) mass is 196 g/mol. The van der Waals surface area contributed by atoms with Gasteiger partial charge in [-0.3, -0.25) is 0 Å². The Kier molecular flexibility index (Phi) is 2.72. The number of rotatable bonds is 2. The van der Waals surface area contributed by atoms with E-state index in [4.69, 9.17) is 4.74 Å². The largest absolute Gasteiger partial charge is 0.492 e. The van der Waals surface area contributed by atoms with Crippen LogP contribution < -0.4 is 0 Å². The smallest absolute Gasteiger partial charge is 0.232 e. The SMILES string of the molecule is CCc1[nH]c(C2CCCOC2)nc1O. The molecule has 1 aliphatic rings. The van der Waals surface area contributed by atoms with E-state index in [-0.39, 0.29) is 5.88 Å². The van der Waals surface area contributed by atoms with E-state index in [1.165, 1.54) is 0 Å². The van der Waals surface area contributed by atoms with Gasteiger partial charge in [-0.25, -0.2) is 0 Å². The fourth-order valence-corrected chi connectivity index (χ4v) is 1.82. The second-order valence-corrected chi connectivity index (χ2v) is 3.69. The van der Waals surface area contributed by atoms with E-state index >= 15 is 0 Å². The maximum atomic E-state index is 9.48. The zero-order valence-corrected chi connectivity index (χ0v) is 8.42. The summed E-state index contributed by atoms with van der Waals surface area (Å²) < 4.78 is 5.38. The Morgan fingerprint density at radius 3 is 3.07 bits per heavy atom. The molecular weight excluding hydrogens is 180 g/mol. The third-order valence-electron chi connectivity index (χ3n) is 2.68. The molecule has 0 saturated carbocycles. The molecule has 0 aromatic carbocycles. The Morgan fingerprint density at radius 1 is 1.64 bits per heavy atom. The van der Waals surface area contributed by atoms with Crippen molar-refractivity contribution in [3.05, 3.63) is 11.5 Å². The first kappa shape index (κ1) is 9.52. The van der Waals surface area contributed by atoms with Gasteiger partial charge in [-0.15, -0.1) is 0 Å². The summed E-state index contributed by atoms with van der Waals surface area (Å²) in [5.41, 5.74) is 0.825. The highest BCUT2D eigenvalue weighted by atomic mass is 16.5. The molecule has 0 amide bonds. The average Bonchev–Trinajstić information content (AvgIpc) is 2.61. The Morgan fingerprint density at radius 2 is 2.50 bits per heavy atom. The molecule has 0 spiro atoms. The number of aryl methyl sites for hydroxylation is 1. The molecule has 1 aliphatic heterocycles. The topological polar surface area (TPSA) is 58.1 Å². The van der Waals surface area contributed by atoms with Gasteiger partial charge in [-0.2, -0.15) is 4.98 Å². The van der Waals surface area contributed by atoms with Gasteiger partial charge < -0.3 is 14.8 Å². The number of nitrogens with one attached hydrogen (secondary N) is 1. The molecule has 4 nitrogen and oxygen atoms in total. The second-order valence-electron chi connectivity index (χ2n) is 3.69. The predicted octanol–water partition coefficient (Wildman–Crippen LogP) is 1.57. The van der Waals surface area contributed by atoms with Gasteiger partial charge in [-0.1, -0.05) is 6.92 Å². The molecule has 1 saturated heterocycles. The minimum absolute atomic E-state index is 0.146. The van der Waals surface area contributed by atoms with Crippen LogP contribution in [0.25, 0.3) is 0 Å². The zero-order chi connectivity index (χ0) is 9.97. The van der Waals surface area contributed by atoms with Crippen LogP contribution in [0.4, 0.5) is 0 Å². The number of aromatic amines is 1. The van der Waals surface area contributed by atoms with Crippen LogP contribution in [0.3, 0.4) is 0 Å². The minimum Gasteiger partial charge on any atom is -0.492 e. The Hall–Kier alpha value is -1.03. The molecule has 2 N–H and O–H groups in total. The van der Waals surface area contributed by atoms with Crippen molar-refractivity contribution in [3.63, 3.8) is 0 Å². The molecule has 4 heteroatoms. The van der Waals surface area contributed by atoms with Crippen LogP contribution in [0, 0.1) is 0 Å². The first-order chi connectivity index (χ1) is 6.81. The van der Waals surface area contributed by atoms with Gasteiger partial charge in [0.1, 0.15) is 5.82 Å². The molecule has 78 valence electrons. The molecule has 1 aromatic heterocycles. The standard InChI is InChI=1S/C10H16N2O2/c1-2-8-10(13)12-9(11-8)7-4-3-5-14-6-7/h7,13H,2-6H2,1H3,(H,11,12). The van der Waals surface area contributed by atoms with Crippen molar-refractivity contribution >= 4 is 0 Å². The first-order valence-electron chi connectivity index (χ1n) is 5.16. The third-order valence-corrected chi connectivity index (χ3v) is 2.68. The lowest BCUT2D eigenvalue weighted by atomic mass is 10.0. The number of imidazole rings is 1. The predicted molar refractivity (Wildman–Crippen MR) is 52.4 cm³/mol. The average molecular weight is 196 g/mol. The van der Waals surface area contributed by atoms with Gasteiger partial charge in [-0.05, 0) is 19.3 Å². The fourth-order valence-electron chi connectivity index (χ4n) is 1.82. The van der Waals surface area contributed by atoms with Crippen molar-refractivity contribution in [2.24, 2.45) is 0 Å². The fraction of sp³-hybridized carbons (Fsp3) is 0.700. The van der Waals surface area contributed by atoms with Gasteiger partial charge in [0.2, 0.25) is 5.88 Å². The number of hydrogen-bond acceptors (Lipinski definition) is 3. The number of nitrogens with zero attached hydrogens (tertiary/aromatic N) is 1. The van der Waals surface area contributed by atoms with Crippen LogP contribution >= 0.6 is 0 Å². The second kappa shape index (κ2) is 4.00. The van der Waals surface area contributed by atoms with Crippen molar-refractivity contribution < 1.29 is 9.84 Å². The van der Waals surface area contributed by atoms with E-state index in [1.807, 2.05) is 6.92 Å². The Labute approximate surface area is 83.3 Å². The van der Waals surface area contributed by atoms with E-state index in [1.54, 1.807) is 0 Å². The Bertz CT molecular complexity index is 303. The molecule has 0 radical (unpaired) electrons. The lowest BCUT2D eigenvalue weighted by Gasteiger charge is -2.19. The van der Waals surface area contributed by atoms with E-state index < -0.39 is 0 Å². The molecule has 1 fully saturated rings. The number of aromatic nitrogens is 2. The lowest BCUT2D eigenvalue weighted by molar-refractivity contribution is 0.0782. The van der Waals surface area contributed by atoms with Crippen LogP contribution in [0.15, 0.2) is 0 Å². The van der Waals surface area contributed by atoms with E-state index in [0.717, 1.165) is 44.0 Å². The van der Waals surface area contributed by atoms with Gasteiger partial charge in [0.15, 0.2) is 0 Å². The summed E-state index contributed by atoms with van der Waals surface area (Å²) in [6.07, 6.45) is 2.95. The summed E-state index contributed by atoms with van der Waals surface area (Å²) in [5.74, 6) is 1.35. The quantitative estimate of drug-likeness (QED) is 0.754. The van der Waals surface area contributed by atoms with Crippen LogP contribution in [0.1, 0.15) is 37.2 Å². The van der Waals surface area contributed by atoms with E-state index in [9.17, 15) is 5.11 Å². The molecular formula is C10H16N2O2. The molecule has 2 heterocycles. The molecule has 14 heavy (non-hydrogen) atoms. The highest BCUT2D eigenvalue weighted by Gasteiger charge is 2.20. The normalized spacial score (nSPS) is 22.5. The molecule has 0 aliphatic carbocycles. The summed E-state index contributed by atoms with van der Waals surface area (Å²) in [5, 5.41) is 9.48. The van der Waals surface area contributed by atoms with Gasteiger partial charge in [0.25, 0.3) is 0 Å². The van der Waals surface area contributed by atoms with Crippen LogP contribution in [0.2, 0.25) is 0 Å². The minimum atomic E-state index is 0.146. The summed E-state index contributed by atoms with van der Waals surface area (Å²) in [6, 6.07) is 0. The summed E-state index contributed by atoms with van der Waals surface area (Å²) in [4.78, 5) is 7.28. The molecule has 1 aromatic rings. The highest BCUT2D eigenvalue weighted by Crippen LogP contribution is 2.26. The molecule has 1 atom stereocenters. The number of H-pyrrole nitrogens is 1. The first-order valence-corrected chi connectivity index (χ1v) is 5.16. The van der Waals surface area contributed by atoms with E-state index in [2.05, 4.69) is 9.97 Å². The maximum Gasteiger partial charge on any atom is 0.232 e. The highest BCUT2D eigenvalue weighted by molar-refractivity contribution is 5.21. The van der Waals surface area contributed by atoms with Gasteiger partial charge >= 0.3 is 0 Å². The van der Waals surface area contributed by atoms with Crippen molar-refractivity contribution in [2.75, 3.05) is 13.2 Å². The summed E-state index contributed by atoms with van der Waals surface area (Å²) in [6.45, 7) is 3.56. The van der Waals surface area contributed by atoms with Crippen molar-refractivity contribution in [1.82, 2.24) is 9.97 Å². The van der Waals surface area contributed by atoms with Crippen molar-refractivity contribution in [3.8, 4) is 5.88 Å². The molecule has 2 rings (SSSR count). The van der Waals surface area contributed by atoms with Crippen LogP contribution in [-0.4, -0.2) is 28.3 Å². The Balaban J connectivity index is 2.14. The number of aromatic hydroxyl groups is 1. The van der Waals surface area contributed by atoms with Gasteiger partial charge in [0.05, 0.1) is 12.3 Å². The molecule has 0 bridgehead atoms. The molecule has 1 unspecified atom stereocenters. The third kappa shape index (κ3) is 1.75. The summed E-state index contributed by atoms with van der Waals surface area (Å²) in [7, 11) is 0.